The molecular formula is C74H65F12N13O3. The molecule has 528 valence electrons. The van der Waals surface area contributed by atoms with E-state index in [1.807, 2.05) is 9.80 Å². The molecule has 6 aliphatic heterocycles. The third-order valence-electron chi connectivity index (χ3n) is 20.4. The van der Waals surface area contributed by atoms with Crippen molar-refractivity contribution in [2.75, 3.05) is 0 Å². The maximum atomic E-state index is 15.1. The molecule has 3 aromatic carbocycles. The van der Waals surface area contributed by atoms with Crippen molar-refractivity contribution in [3.8, 4) is 34.2 Å². The van der Waals surface area contributed by atoms with Gasteiger partial charge < -0.3 is 14.7 Å². The van der Waals surface area contributed by atoms with Crippen molar-refractivity contribution >= 4 is 17.7 Å². The fraction of sp³-hybridized carbons (Fsp3) is 0.365. The molecular weight excluding hydrogens is 1350 g/mol. The molecule has 0 radical (unpaired) electrons. The zero-order chi connectivity index (χ0) is 72.1. The Morgan fingerprint density at radius 2 is 0.775 bits per heavy atom. The largest absolute Gasteiger partial charge is 0.434 e. The highest BCUT2D eigenvalue weighted by Crippen LogP contribution is 2.48. The number of rotatable bonds is 12. The highest BCUT2D eigenvalue weighted by Gasteiger charge is 2.52. The number of benzene rings is 3. The number of aromatic nitrogens is 10. The van der Waals surface area contributed by atoms with E-state index in [1.165, 1.54) is 55.4 Å². The molecule has 28 heteroatoms. The number of hydrogen-bond acceptors (Lipinski definition) is 13. The summed E-state index contributed by atoms with van der Waals surface area (Å²) in [6.07, 6.45) is 7.72. The van der Waals surface area contributed by atoms with Crippen LogP contribution >= 0.6 is 0 Å². The maximum absolute atomic E-state index is 15.1. The predicted molar refractivity (Wildman–Crippen MR) is 346 cm³/mol. The van der Waals surface area contributed by atoms with Crippen molar-refractivity contribution in [3.05, 3.63) is 226 Å². The second kappa shape index (κ2) is 28.3. The van der Waals surface area contributed by atoms with E-state index in [9.17, 15) is 58.3 Å². The summed E-state index contributed by atoms with van der Waals surface area (Å²) in [6, 6.07) is 18.9. The molecule has 6 aliphatic rings. The molecule has 6 bridgehead atoms. The summed E-state index contributed by atoms with van der Waals surface area (Å²) in [7, 11) is 0. The van der Waals surface area contributed by atoms with Crippen molar-refractivity contribution in [1.82, 2.24) is 64.5 Å². The summed E-state index contributed by atoms with van der Waals surface area (Å²) in [6.45, 7) is 4.98. The van der Waals surface area contributed by atoms with E-state index in [2.05, 4.69) is 49.8 Å². The van der Waals surface area contributed by atoms with Crippen LogP contribution in [0.15, 0.2) is 141 Å². The molecule has 3 amide bonds. The predicted octanol–water partition coefficient (Wildman–Crippen LogP) is 15.1. The van der Waals surface area contributed by atoms with Gasteiger partial charge in [0.15, 0.2) is 23.2 Å². The number of halogens is 12. The van der Waals surface area contributed by atoms with Gasteiger partial charge in [-0.2, -0.15) is 39.5 Å². The van der Waals surface area contributed by atoms with Gasteiger partial charge >= 0.3 is 18.5 Å². The molecule has 0 saturated carbocycles. The fourth-order valence-corrected chi connectivity index (χ4v) is 15.8. The van der Waals surface area contributed by atoms with Gasteiger partial charge in [0.05, 0.1) is 56.4 Å². The van der Waals surface area contributed by atoms with E-state index in [1.54, 1.807) is 74.2 Å². The SMILES string of the molecule is Cc1cc(F)c(-c2ncccn2)c(C(=O)N2C3CCC2C(Cc2ccc(C(F)(F)F)cn2)C3)c1.Cc1ccc(C(=O)N2C3CCC2C(Cc2ccc(C(F)(F)F)cn2)C3)c(-c2ncccn2)c1F.Cc1ccc(C(=O)N2C3CCC2C(Cc2cnc(C(F)(F)F)cn2)C3)c(-c2ncccn2)c1F. The standard InChI is InChI=1S/2C25H22F4N4O.C24H21F4N5O/c1-14-3-7-19(21(22(14)26)23-30-9-2-10-31-23)24(34)33-18-6-8-20(33)15(12-18)11-17-5-4-16(13-32-17)25(27,28)29;1-14-9-19(22(20(26)10-14)23-30-7-2-8-31-23)24(34)33-18-5-6-21(33)15(12-18)11-17-4-3-16(13-32-17)25(27,28)29;1-13-3-5-17(20(21(13)25)22-29-7-2-8-30-22)23(34)33-16-4-6-18(33)14(10-16)9-15-11-32-19(12-31-15)24(26,27)28/h2-5,7,9-10,13,15,18,20H,6,8,11-12H2,1H3;2-4,7-10,13,15,18,21H,5-6,11-12H2,1H3;2-3,5,7-8,11-12,14,16,18H,4,6,9-10H2,1H3. The Bertz CT molecular complexity index is 4370. The number of alkyl halides is 9. The first kappa shape index (κ1) is 70.3. The molecule has 6 aromatic heterocycles. The second-order valence-corrected chi connectivity index (χ2v) is 26.7. The van der Waals surface area contributed by atoms with Crippen LogP contribution in [0.1, 0.15) is 139 Å². The maximum Gasteiger partial charge on any atom is 0.434 e. The number of carbonyl (C=O) groups excluding carboxylic acids is 3. The third kappa shape index (κ3) is 14.3. The van der Waals surface area contributed by atoms with Gasteiger partial charge in [-0.3, -0.25) is 29.3 Å². The summed E-state index contributed by atoms with van der Waals surface area (Å²) < 4.78 is 161. The van der Waals surface area contributed by atoms with E-state index in [-0.39, 0.29) is 123 Å². The number of fused-ring (bicyclic) bond motifs is 6. The van der Waals surface area contributed by atoms with Gasteiger partial charge in [0.25, 0.3) is 17.7 Å². The van der Waals surface area contributed by atoms with Crippen molar-refractivity contribution in [2.45, 2.75) is 153 Å². The number of aryl methyl sites for hydroxylation is 3. The van der Waals surface area contributed by atoms with Gasteiger partial charge in [-0.25, -0.2) is 48.1 Å². The van der Waals surface area contributed by atoms with Gasteiger partial charge in [-0.05, 0) is 199 Å². The Balaban J connectivity index is 0.000000137. The number of pyridine rings is 2. The van der Waals surface area contributed by atoms with E-state index in [4.69, 9.17) is 0 Å². The lowest BCUT2D eigenvalue weighted by Crippen LogP contribution is -2.37. The molecule has 16 nitrogen and oxygen atoms in total. The highest BCUT2D eigenvalue weighted by atomic mass is 19.4. The molecule has 6 fully saturated rings. The minimum atomic E-state index is -4.54. The summed E-state index contributed by atoms with van der Waals surface area (Å²) in [4.78, 5) is 86.9. The minimum absolute atomic E-state index is 0.00469. The summed E-state index contributed by atoms with van der Waals surface area (Å²) in [5.74, 6) is -1.75. The van der Waals surface area contributed by atoms with E-state index < -0.39 is 52.8 Å². The van der Waals surface area contributed by atoms with E-state index in [0.717, 1.165) is 88.3 Å². The van der Waals surface area contributed by atoms with Crippen molar-refractivity contribution in [2.24, 2.45) is 17.8 Å². The molecule has 9 unspecified atom stereocenters. The van der Waals surface area contributed by atoms with Crippen molar-refractivity contribution < 1.29 is 67.1 Å². The molecule has 0 aliphatic carbocycles. The van der Waals surface area contributed by atoms with E-state index >= 15 is 8.78 Å². The first-order valence-corrected chi connectivity index (χ1v) is 33.3. The van der Waals surface area contributed by atoms with Crippen LogP contribution in [0.4, 0.5) is 52.7 Å². The number of hydrogen-bond donors (Lipinski definition) is 0. The van der Waals surface area contributed by atoms with Crippen LogP contribution in [0.5, 0.6) is 0 Å². The number of carbonyl (C=O) groups is 3. The topological polar surface area (TPSA) is 190 Å². The average molecular weight is 1410 g/mol. The molecule has 9 atom stereocenters. The van der Waals surface area contributed by atoms with Gasteiger partial charge in [-0.15, -0.1) is 0 Å². The molecule has 15 rings (SSSR count). The van der Waals surface area contributed by atoms with Gasteiger partial charge in [0.1, 0.15) is 17.5 Å². The molecule has 9 aromatic rings. The third-order valence-corrected chi connectivity index (χ3v) is 20.4. The zero-order valence-electron chi connectivity index (χ0n) is 55.0. The second-order valence-electron chi connectivity index (χ2n) is 26.7. The van der Waals surface area contributed by atoms with Crippen LogP contribution in [0, 0.1) is 56.0 Å². The van der Waals surface area contributed by atoms with Crippen molar-refractivity contribution in [1.29, 1.82) is 0 Å². The quantitative estimate of drug-likeness (QED) is 0.105. The Morgan fingerprint density at radius 1 is 0.402 bits per heavy atom. The van der Waals surface area contributed by atoms with Gasteiger partial charge in [0.2, 0.25) is 0 Å². The van der Waals surface area contributed by atoms with Crippen LogP contribution in [-0.4, -0.2) is 119 Å². The number of nitrogens with zero attached hydrogens (tertiary/aromatic N) is 13. The van der Waals surface area contributed by atoms with Crippen LogP contribution < -0.4 is 0 Å². The molecule has 102 heavy (non-hydrogen) atoms. The Hall–Kier alpha value is -10.2. The molecule has 12 heterocycles. The zero-order valence-corrected chi connectivity index (χ0v) is 55.0. The lowest BCUT2D eigenvalue weighted by Gasteiger charge is -2.25. The van der Waals surface area contributed by atoms with Crippen LogP contribution in [0.25, 0.3) is 34.2 Å². The van der Waals surface area contributed by atoms with Crippen molar-refractivity contribution in [3.63, 3.8) is 0 Å². The highest BCUT2D eigenvalue weighted by molar-refractivity contribution is 6.03. The first-order chi connectivity index (χ1) is 48.7. The first-order valence-electron chi connectivity index (χ1n) is 33.3. The van der Waals surface area contributed by atoms with Crippen LogP contribution in [0.2, 0.25) is 0 Å². The van der Waals surface area contributed by atoms with Crippen LogP contribution in [-0.2, 0) is 37.8 Å². The minimum Gasteiger partial charge on any atom is -0.332 e. The normalized spacial score (nSPS) is 21.8. The monoisotopic (exact) mass is 1410 g/mol. The smallest absolute Gasteiger partial charge is 0.332 e. The molecule has 0 N–H and O–H groups in total. The average Bonchev–Trinajstić information content (AvgIpc) is 1.73. The molecule has 0 spiro atoms. The van der Waals surface area contributed by atoms with Crippen LogP contribution in [0.3, 0.4) is 0 Å². The Labute approximate surface area is 577 Å². The van der Waals surface area contributed by atoms with Gasteiger partial charge in [-0.1, -0.05) is 12.1 Å². The summed E-state index contributed by atoms with van der Waals surface area (Å²) in [5, 5.41) is 0. The lowest BCUT2D eigenvalue weighted by molar-refractivity contribution is -0.141. The Morgan fingerprint density at radius 3 is 1.13 bits per heavy atom. The Kier molecular flexibility index (Phi) is 19.5. The summed E-state index contributed by atoms with van der Waals surface area (Å²) in [5.41, 5.74) is 1.34. The van der Waals surface area contributed by atoms with E-state index in [0.29, 0.717) is 59.5 Å². The fourth-order valence-electron chi connectivity index (χ4n) is 15.8. The molecule has 6 saturated heterocycles. The van der Waals surface area contributed by atoms with Gasteiger partial charge in [0, 0.05) is 103 Å². The summed E-state index contributed by atoms with van der Waals surface area (Å²) >= 11 is 0. The lowest BCUT2D eigenvalue weighted by atomic mass is 9.86. The number of amides is 3.